The Hall–Kier alpha value is -3.35. The lowest BCUT2D eigenvalue weighted by atomic mass is 9.98. The van der Waals surface area contributed by atoms with Crippen molar-refractivity contribution in [3.63, 3.8) is 0 Å². The average Bonchev–Trinajstić information content (AvgIpc) is 3.38. The Morgan fingerprint density at radius 1 is 0.758 bits per heavy atom. The largest absolute Gasteiger partial charge is 0.376 e. The van der Waals surface area contributed by atoms with Gasteiger partial charge in [-0.1, -0.05) is 6.92 Å². The van der Waals surface area contributed by atoms with Crippen LogP contribution in [0.3, 0.4) is 0 Å². The van der Waals surface area contributed by atoms with Crippen LogP contribution in [-0.4, -0.2) is 60.2 Å². The fourth-order valence-corrected chi connectivity index (χ4v) is 4.31. The van der Waals surface area contributed by atoms with Gasteiger partial charge in [-0.15, -0.1) is 0 Å². The van der Waals surface area contributed by atoms with Crippen LogP contribution < -0.4 is 10.6 Å². The predicted octanol–water partition coefficient (Wildman–Crippen LogP) is 3.85. The first-order chi connectivity index (χ1) is 16.0. The van der Waals surface area contributed by atoms with Gasteiger partial charge in [0.1, 0.15) is 0 Å². The number of rotatable bonds is 6. The quantitative estimate of drug-likeness (QED) is 0.703. The maximum atomic E-state index is 12.6. The van der Waals surface area contributed by atoms with Gasteiger partial charge in [-0.05, 0) is 80.1 Å². The third-order valence-electron chi connectivity index (χ3n) is 6.46. The molecule has 4 rings (SSSR count). The second kappa shape index (κ2) is 10.5. The van der Waals surface area contributed by atoms with E-state index in [0.717, 1.165) is 57.5 Å². The molecular weight excluding hydrogens is 416 g/mol. The van der Waals surface area contributed by atoms with E-state index in [1.165, 1.54) is 0 Å². The highest BCUT2D eigenvalue weighted by Gasteiger charge is 2.21. The molecule has 0 spiro atoms. The lowest BCUT2D eigenvalue weighted by Gasteiger charge is -2.30. The van der Waals surface area contributed by atoms with Gasteiger partial charge in [0, 0.05) is 48.7 Å². The Bertz CT molecular complexity index is 974. The van der Waals surface area contributed by atoms with Crippen molar-refractivity contribution < 1.29 is 14.4 Å². The van der Waals surface area contributed by atoms with Gasteiger partial charge in [-0.25, -0.2) is 0 Å². The van der Waals surface area contributed by atoms with Crippen molar-refractivity contribution in [2.75, 3.05) is 43.4 Å². The van der Waals surface area contributed by atoms with Gasteiger partial charge in [0.2, 0.25) is 5.91 Å². The molecule has 2 aromatic carbocycles. The molecule has 174 valence electrons. The number of likely N-dealkylation sites (tertiary alicyclic amines) is 2. The van der Waals surface area contributed by atoms with Crippen molar-refractivity contribution in [1.82, 2.24) is 9.80 Å². The lowest BCUT2D eigenvalue weighted by Crippen LogP contribution is -2.37. The Morgan fingerprint density at radius 2 is 1.24 bits per heavy atom. The SMILES string of the molecule is CC1CCN(C(=O)c2ccc(NC(=O)CNc3ccc(C(=O)N4CCCC4)cc3)cc2)CC1. The van der Waals surface area contributed by atoms with Gasteiger partial charge in [0.25, 0.3) is 11.8 Å². The topological polar surface area (TPSA) is 81.8 Å². The highest BCUT2D eigenvalue weighted by Crippen LogP contribution is 2.19. The lowest BCUT2D eigenvalue weighted by molar-refractivity contribution is -0.114. The van der Waals surface area contributed by atoms with Gasteiger partial charge in [0.15, 0.2) is 0 Å². The summed E-state index contributed by atoms with van der Waals surface area (Å²) in [6, 6.07) is 14.3. The molecule has 0 bridgehead atoms. The van der Waals surface area contributed by atoms with Gasteiger partial charge >= 0.3 is 0 Å². The molecule has 0 atom stereocenters. The summed E-state index contributed by atoms with van der Waals surface area (Å²) in [4.78, 5) is 41.2. The van der Waals surface area contributed by atoms with Gasteiger partial charge in [-0.3, -0.25) is 14.4 Å². The van der Waals surface area contributed by atoms with E-state index in [-0.39, 0.29) is 24.3 Å². The van der Waals surface area contributed by atoms with Crippen molar-refractivity contribution >= 4 is 29.1 Å². The third kappa shape index (κ3) is 5.92. The standard InChI is InChI=1S/C26H32N4O3/c1-19-12-16-30(17-13-19)26(33)21-6-10-23(11-7-21)28-24(31)18-27-22-8-4-20(5-9-22)25(32)29-14-2-3-15-29/h4-11,19,27H,2-3,12-18H2,1H3,(H,28,31). The number of carbonyl (C=O) groups excluding carboxylic acids is 3. The van der Waals surface area contributed by atoms with Gasteiger partial charge in [0.05, 0.1) is 6.54 Å². The summed E-state index contributed by atoms with van der Waals surface area (Å²) in [5, 5.41) is 5.92. The van der Waals surface area contributed by atoms with E-state index in [9.17, 15) is 14.4 Å². The molecular formula is C26H32N4O3. The summed E-state index contributed by atoms with van der Waals surface area (Å²) in [6.07, 6.45) is 4.23. The number of nitrogens with one attached hydrogen (secondary N) is 2. The summed E-state index contributed by atoms with van der Waals surface area (Å²) in [5.41, 5.74) is 2.74. The second-order valence-corrected chi connectivity index (χ2v) is 9.03. The van der Waals surface area contributed by atoms with E-state index in [2.05, 4.69) is 17.6 Å². The zero-order valence-electron chi connectivity index (χ0n) is 19.2. The van der Waals surface area contributed by atoms with Gasteiger partial charge < -0.3 is 20.4 Å². The van der Waals surface area contributed by atoms with Crippen LogP contribution in [0.1, 0.15) is 53.3 Å². The number of hydrogen-bond donors (Lipinski definition) is 2. The minimum absolute atomic E-state index is 0.0492. The first-order valence-corrected chi connectivity index (χ1v) is 11.8. The van der Waals surface area contributed by atoms with E-state index >= 15 is 0 Å². The number of hydrogen-bond acceptors (Lipinski definition) is 4. The zero-order valence-corrected chi connectivity index (χ0v) is 19.2. The molecule has 2 aliphatic heterocycles. The van der Waals surface area contributed by atoms with E-state index in [0.29, 0.717) is 22.7 Å². The number of carbonyl (C=O) groups is 3. The van der Waals surface area contributed by atoms with Crippen molar-refractivity contribution in [2.45, 2.75) is 32.6 Å². The number of piperidine rings is 1. The Labute approximate surface area is 195 Å². The summed E-state index contributed by atoms with van der Waals surface area (Å²) in [5.74, 6) is 0.605. The van der Waals surface area contributed by atoms with Crippen LogP contribution in [0, 0.1) is 5.92 Å². The highest BCUT2D eigenvalue weighted by molar-refractivity contribution is 5.97. The van der Waals surface area contributed by atoms with Gasteiger partial charge in [-0.2, -0.15) is 0 Å². The zero-order chi connectivity index (χ0) is 23.2. The van der Waals surface area contributed by atoms with E-state index in [4.69, 9.17) is 0 Å². The van der Waals surface area contributed by atoms with Crippen LogP contribution in [0.2, 0.25) is 0 Å². The molecule has 7 nitrogen and oxygen atoms in total. The molecule has 0 aromatic heterocycles. The molecule has 2 N–H and O–H groups in total. The van der Waals surface area contributed by atoms with Crippen LogP contribution in [0.25, 0.3) is 0 Å². The molecule has 2 aromatic rings. The van der Waals surface area contributed by atoms with Crippen molar-refractivity contribution in [3.05, 3.63) is 59.7 Å². The summed E-state index contributed by atoms with van der Waals surface area (Å²) < 4.78 is 0. The van der Waals surface area contributed by atoms with Crippen LogP contribution in [0.4, 0.5) is 11.4 Å². The molecule has 0 saturated carbocycles. The minimum Gasteiger partial charge on any atom is -0.376 e. The van der Waals surface area contributed by atoms with Crippen LogP contribution >= 0.6 is 0 Å². The highest BCUT2D eigenvalue weighted by atomic mass is 16.2. The number of amides is 3. The number of anilines is 2. The summed E-state index contributed by atoms with van der Waals surface area (Å²) in [7, 11) is 0. The molecule has 33 heavy (non-hydrogen) atoms. The first kappa shape index (κ1) is 22.8. The molecule has 3 amide bonds. The normalized spacial score (nSPS) is 16.5. The van der Waals surface area contributed by atoms with Crippen molar-refractivity contribution in [3.8, 4) is 0 Å². The average molecular weight is 449 g/mol. The Balaban J connectivity index is 1.24. The first-order valence-electron chi connectivity index (χ1n) is 11.8. The van der Waals surface area contributed by atoms with E-state index in [1.807, 2.05) is 21.9 Å². The molecule has 2 heterocycles. The fraction of sp³-hybridized carbons (Fsp3) is 0.423. The van der Waals surface area contributed by atoms with E-state index < -0.39 is 0 Å². The molecule has 0 unspecified atom stereocenters. The number of nitrogens with zero attached hydrogens (tertiary/aromatic N) is 2. The van der Waals surface area contributed by atoms with E-state index in [1.54, 1.807) is 36.4 Å². The van der Waals surface area contributed by atoms with Crippen LogP contribution in [-0.2, 0) is 4.79 Å². The van der Waals surface area contributed by atoms with Crippen molar-refractivity contribution in [2.24, 2.45) is 5.92 Å². The maximum absolute atomic E-state index is 12.6. The molecule has 2 fully saturated rings. The third-order valence-corrected chi connectivity index (χ3v) is 6.46. The maximum Gasteiger partial charge on any atom is 0.253 e. The van der Waals surface area contributed by atoms with Crippen LogP contribution in [0.15, 0.2) is 48.5 Å². The van der Waals surface area contributed by atoms with Crippen LogP contribution in [0.5, 0.6) is 0 Å². The molecule has 2 saturated heterocycles. The molecule has 0 aliphatic carbocycles. The Kier molecular flexibility index (Phi) is 7.27. The predicted molar refractivity (Wildman–Crippen MR) is 129 cm³/mol. The van der Waals surface area contributed by atoms with Crippen molar-refractivity contribution in [1.29, 1.82) is 0 Å². The fourth-order valence-electron chi connectivity index (χ4n) is 4.31. The summed E-state index contributed by atoms with van der Waals surface area (Å²) >= 11 is 0. The monoisotopic (exact) mass is 448 g/mol. The molecule has 2 aliphatic rings. The Morgan fingerprint density at radius 3 is 1.79 bits per heavy atom. The minimum atomic E-state index is -0.184. The smallest absolute Gasteiger partial charge is 0.253 e. The number of benzene rings is 2. The second-order valence-electron chi connectivity index (χ2n) is 9.03. The summed E-state index contributed by atoms with van der Waals surface area (Å²) in [6.45, 7) is 5.58. The molecule has 7 heteroatoms. The molecule has 0 radical (unpaired) electrons.